The van der Waals surface area contributed by atoms with Crippen molar-refractivity contribution in [3.8, 4) is 11.3 Å². The van der Waals surface area contributed by atoms with Crippen molar-refractivity contribution in [2.45, 2.75) is 25.8 Å². The first-order valence-corrected chi connectivity index (χ1v) is 9.35. The molecule has 140 valence electrons. The molecule has 1 aliphatic heterocycles. The lowest BCUT2D eigenvalue weighted by Gasteiger charge is -2.25. The second-order valence-electron chi connectivity index (χ2n) is 7.22. The van der Waals surface area contributed by atoms with Crippen LogP contribution in [0.25, 0.3) is 33.3 Å². The number of imidazole rings is 1. The van der Waals surface area contributed by atoms with E-state index < -0.39 is 5.97 Å². The third-order valence-corrected chi connectivity index (χ3v) is 5.41. The number of H-pyrrole nitrogens is 1. The highest BCUT2D eigenvalue weighted by Crippen LogP contribution is 2.34. The van der Waals surface area contributed by atoms with Gasteiger partial charge >= 0.3 is 5.97 Å². The molecule has 5 rings (SSSR count). The zero-order valence-corrected chi connectivity index (χ0v) is 15.4. The topological polar surface area (TPSA) is 95.0 Å². The number of aromatic carboxylic acids is 1. The molecule has 1 fully saturated rings. The molecule has 0 spiro atoms. The summed E-state index contributed by atoms with van der Waals surface area (Å²) in [5.74, 6) is -0.164. The number of hydrogen-bond acceptors (Lipinski definition) is 5. The first-order chi connectivity index (χ1) is 13.6. The van der Waals surface area contributed by atoms with Gasteiger partial charge in [0.15, 0.2) is 5.82 Å². The maximum absolute atomic E-state index is 11.4. The molecule has 1 aliphatic rings. The maximum atomic E-state index is 11.4. The highest BCUT2D eigenvalue weighted by atomic mass is 16.4. The molecule has 7 heteroatoms. The third kappa shape index (κ3) is 2.67. The second-order valence-corrected chi connectivity index (χ2v) is 7.22. The molecule has 1 saturated heterocycles. The molecule has 0 aliphatic carbocycles. The van der Waals surface area contributed by atoms with E-state index in [1.54, 1.807) is 24.5 Å². The SMILES string of the molecule is C[C@H]1CCCN1c1nc2cc(C(=O)O)ccc2nc1-c1ccc2[nH]cnc2c1. The van der Waals surface area contributed by atoms with Crippen molar-refractivity contribution >= 4 is 33.9 Å². The lowest BCUT2D eigenvalue weighted by molar-refractivity contribution is 0.0697. The number of nitrogens with one attached hydrogen (secondary N) is 1. The van der Waals surface area contributed by atoms with Crippen LogP contribution in [-0.4, -0.2) is 43.6 Å². The van der Waals surface area contributed by atoms with Gasteiger partial charge in [-0.25, -0.2) is 19.7 Å². The number of anilines is 1. The molecule has 7 nitrogen and oxygen atoms in total. The van der Waals surface area contributed by atoms with Crippen LogP contribution in [0.5, 0.6) is 0 Å². The standard InChI is InChI=1S/C21H19N5O2/c1-12-3-2-8-26(12)20-19(13-4-6-15-17(9-13)23-11-22-15)24-16-7-5-14(21(27)28)10-18(16)25-20/h4-7,9-12H,2-3,8H2,1H3,(H,22,23)(H,27,28)/t12-/m0/s1. The highest BCUT2D eigenvalue weighted by Gasteiger charge is 2.26. The number of fused-ring (bicyclic) bond motifs is 2. The number of rotatable bonds is 3. The summed E-state index contributed by atoms with van der Waals surface area (Å²) >= 11 is 0. The van der Waals surface area contributed by atoms with Crippen molar-refractivity contribution in [2.24, 2.45) is 0 Å². The number of aromatic nitrogens is 4. The molecule has 1 atom stereocenters. The predicted molar refractivity (Wildman–Crippen MR) is 108 cm³/mol. The Morgan fingerprint density at radius 1 is 1.14 bits per heavy atom. The Labute approximate surface area is 161 Å². The predicted octanol–water partition coefficient (Wildman–Crippen LogP) is 3.86. The number of nitrogens with zero attached hydrogens (tertiary/aromatic N) is 4. The molecule has 2 aromatic heterocycles. The number of carboxylic acids is 1. The molecule has 0 unspecified atom stereocenters. The molecular formula is C21H19N5O2. The zero-order chi connectivity index (χ0) is 19.3. The summed E-state index contributed by atoms with van der Waals surface area (Å²) in [7, 11) is 0. The summed E-state index contributed by atoms with van der Waals surface area (Å²) in [6.45, 7) is 3.10. The van der Waals surface area contributed by atoms with Crippen LogP contribution in [0, 0.1) is 0 Å². The van der Waals surface area contributed by atoms with Crippen LogP contribution in [0.4, 0.5) is 5.82 Å². The van der Waals surface area contributed by atoms with E-state index in [1.807, 2.05) is 18.2 Å². The smallest absolute Gasteiger partial charge is 0.335 e. The van der Waals surface area contributed by atoms with Crippen molar-refractivity contribution < 1.29 is 9.90 Å². The van der Waals surface area contributed by atoms with Gasteiger partial charge in [-0.2, -0.15) is 0 Å². The largest absolute Gasteiger partial charge is 0.478 e. The van der Waals surface area contributed by atoms with E-state index in [0.717, 1.165) is 47.5 Å². The van der Waals surface area contributed by atoms with Crippen molar-refractivity contribution in [2.75, 3.05) is 11.4 Å². The van der Waals surface area contributed by atoms with Gasteiger partial charge in [0.25, 0.3) is 0 Å². The maximum Gasteiger partial charge on any atom is 0.335 e. The van der Waals surface area contributed by atoms with Gasteiger partial charge in [-0.15, -0.1) is 0 Å². The summed E-state index contributed by atoms with van der Waals surface area (Å²) in [5.41, 5.74) is 5.09. The number of carboxylic acid groups (broad SMARTS) is 1. The van der Waals surface area contributed by atoms with E-state index in [9.17, 15) is 9.90 Å². The molecule has 3 heterocycles. The summed E-state index contributed by atoms with van der Waals surface area (Å²) in [5, 5.41) is 9.31. The van der Waals surface area contributed by atoms with Crippen molar-refractivity contribution in [3.63, 3.8) is 0 Å². The Bertz CT molecular complexity index is 1220. The van der Waals surface area contributed by atoms with Gasteiger partial charge < -0.3 is 15.0 Å². The fourth-order valence-electron chi connectivity index (χ4n) is 3.90. The molecule has 4 aromatic rings. The molecule has 28 heavy (non-hydrogen) atoms. The van der Waals surface area contributed by atoms with Crippen LogP contribution in [0.15, 0.2) is 42.7 Å². The number of benzene rings is 2. The Morgan fingerprint density at radius 2 is 2.04 bits per heavy atom. The Morgan fingerprint density at radius 3 is 2.82 bits per heavy atom. The third-order valence-electron chi connectivity index (χ3n) is 5.41. The minimum atomic E-state index is -0.965. The summed E-state index contributed by atoms with van der Waals surface area (Å²) in [6, 6.07) is 11.3. The molecule has 0 amide bonds. The van der Waals surface area contributed by atoms with Crippen LogP contribution in [0.1, 0.15) is 30.1 Å². The van der Waals surface area contributed by atoms with Gasteiger partial charge in [-0.3, -0.25) is 0 Å². The van der Waals surface area contributed by atoms with Crippen molar-refractivity contribution in [3.05, 3.63) is 48.3 Å². The Kier molecular flexibility index (Phi) is 3.75. The minimum absolute atomic E-state index is 0.216. The van der Waals surface area contributed by atoms with E-state index in [1.165, 1.54) is 0 Å². The van der Waals surface area contributed by atoms with E-state index in [2.05, 4.69) is 21.8 Å². The summed E-state index contributed by atoms with van der Waals surface area (Å²) in [6.07, 6.45) is 3.89. The van der Waals surface area contributed by atoms with Gasteiger partial charge in [0, 0.05) is 18.2 Å². The van der Waals surface area contributed by atoms with Gasteiger partial charge in [0.1, 0.15) is 5.69 Å². The number of hydrogen-bond donors (Lipinski definition) is 2. The molecule has 0 radical (unpaired) electrons. The van der Waals surface area contributed by atoms with Crippen LogP contribution in [0.3, 0.4) is 0 Å². The van der Waals surface area contributed by atoms with Crippen LogP contribution < -0.4 is 4.90 Å². The molecule has 0 bridgehead atoms. The quantitative estimate of drug-likeness (QED) is 0.566. The molecular weight excluding hydrogens is 354 g/mol. The first kappa shape index (κ1) is 16.7. The second kappa shape index (κ2) is 6.30. The van der Waals surface area contributed by atoms with Crippen LogP contribution in [-0.2, 0) is 0 Å². The zero-order valence-electron chi connectivity index (χ0n) is 15.4. The van der Waals surface area contributed by atoms with Gasteiger partial charge in [-0.1, -0.05) is 6.07 Å². The van der Waals surface area contributed by atoms with E-state index in [-0.39, 0.29) is 5.56 Å². The lowest BCUT2D eigenvalue weighted by atomic mass is 10.1. The van der Waals surface area contributed by atoms with Gasteiger partial charge in [-0.05, 0) is 50.1 Å². The normalized spacial score (nSPS) is 16.9. The van der Waals surface area contributed by atoms with Crippen molar-refractivity contribution in [1.82, 2.24) is 19.9 Å². The van der Waals surface area contributed by atoms with E-state index >= 15 is 0 Å². The van der Waals surface area contributed by atoms with Crippen LogP contribution >= 0.6 is 0 Å². The first-order valence-electron chi connectivity index (χ1n) is 9.35. The monoisotopic (exact) mass is 373 g/mol. The van der Waals surface area contributed by atoms with Crippen LogP contribution in [0.2, 0.25) is 0 Å². The average Bonchev–Trinajstić information content (AvgIpc) is 3.34. The molecule has 2 N–H and O–H groups in total. The highest BCUT2D eigenvalue weighted by molar-refractivity contribution is 5.94. The minimum Gasteiger partial charge on any atom is -0.478 e. The Balaban J connectivity index is 1.75. The Hall–Kier alpha value is -3.48. The summed E-state index contributed by atoms with van der Waals surface area (Å²) in [4.78, 5) is 30.8. The number of carbonyl (C=O) groups is 1. The molecule has 0 saturated carbocycles. The fourth-order valence-corrected chi connectivity index (χ4v) is 3.90. The molecule has 2 aromatic carbocycles. The number of aromatic amines is 1. The van der Waals surface area contributed by atoms with E-state index in [4.69, 9.17) is 9.97 Å². The summed E-state index contributed by atoms with van der Waals surface area (Å²) < 4.78 is 0. The average molecular weight is 373 g/mol. The fraction of sp³-hybridized carbons (Fsp3) is 0.238. The lowest BCUT2D eigenvalue weighted by Crippen LogP contribution is -2.28. The van der Waals surface area contributed by atoms with Crippen molar-refractivity contribution in [1.29, 1.82) is 0 Å². The van der Waals surface area contributed by atoms with E-state index in [0.29, 0.717) is 17.1 Å². The van der Waals surface area contributed by atoms with Gasteiger partial charge in [0.2, 0.25) is 0 Å². The van der Waals surface area contributed by atoms with Gasteiger partial charge in [0.05, 0.1) is 34.0 Å².